The van der Waals surface area contributed by atoms with Crippen molar-refractivity contribution in [1.82, 2.24) is 9.88 Å². The molecule has 1 aliphatic carbocycles. The fourth-order valence-electron chi connectivity index (χ4n) is 4.58. The maximum Gasteiger partial charge on any atom is 0.0459 e. The van der Waals surface area contributed by atoms with E-state index >= 15 is 0 Å². The van der Waals surface area contributed by atoms with Crippen molar-refractivity contribution in [3.8, 4) is 0 Å². The Labute approximate surface area is 130 Å². The van der Waals surface area contributed by atoms with Crippen molar-refractivity contribution in [3.63, 3.8) is 0 Å². The molecule has 2 atom stereocenters. The van der Waals surface area contributed by atoms with Gasteiger partial charge in [0.25, 0.3) is 0 Å². The van der Waals surface area contributed by atoms with Gasteiger partial charge in [0.1, 0.15) is 0 Å². The molecule has 110 valence electrons. The van der Waals surface area contributed by atoms with E-state index < -0.39 is 0 Å². The minimum absolute atomic E-state index is 0.501. The van der Waals surface area contributed by atoms with Crippen molar-refractivity contribution in [2.75, 3.05) is 7.05 Å². The lowest BCUT2D eigenvalue weighted by molar-refractivity contribution is 0.193. The summed E-state index contributed by atoms with van der Waals surface area (Å²) >= 11 is 0. The first-order valence-corrected chi connectivity index (χ1v) is 8.11. The van der Waals surface area contributed by atoms with Crippen molar-refractivity contribution < 1.29 is 0 Å². The lowest BCUT2D eigenvalue weighted by Crippen LogP contribution is -2.44. The monoisotopic (exact) mass is 288 g/mol. The molecule has 0 unspecified atom stereocenters. The molecule has 2 aliphatic rings. The second-order valence-corrected chi connectivity index (χ2v) is 6.95. The number of likely N-dealkylation sites (N-methyl/N-ethyl adjacent to an activating group) is 1. The summed E-state index contributed by atoms with van der Waals surface area (Å²) in [6, 6.07) is 14.3. The van der Waals surface area contributed by atoms with Crippen LogP contribution in [-0.4, -0.2) is 23.0 Å². The van der Waals surface area contributed by atoms with Gasteiger partial charge in [-0.05, 0) is 48.7 Å². The van der Waals surface area contributed by atoms with Gasteiger partial charge in [-0.2, -0.15) is 0 Å². The Hall–Kier alpha value is -2.06. The zero-order valence-electron chi connectivity index (χ0n) is 13.1. The van der Waals surface area contributed by atoms with Gasteiger partial charge in [0, 0.05) is 35.6 Å². The van der Waals surface area contributed by atoms with E-state index in [1.54, 1.807) is 5.56 Å². The van der Waals surface area contributed by atoms with Crippen LogP contribution in [0.1, 0.15) is 33.7 Å². The van der Waals surface area contributed by atoms with Crippen LogP contribution in [0, 0.1) is 6.92 Å². The topological polar surface area (TPSA) is 19.0 Å². The normalized spacial score (nSPS) is 23.4. The Morgan fingerprint density at radius 3 is 2.91 bits per heavy atom. The van der Waals surface area contributed by atoms with Gasteiger partial charge >= 0.3 is 0 Å². The molecule has 0 amide bonds. The van der Waals surface area contributed by atoms with Gasteiger partial charge in [0.15, 0.2) is 0 Å². The number of benzene rings is 2. The summed E-state index contributed by atoms with van der Waals surface area (Å²) in [4.78, 5) is 6.00. The smallest absolute Gasteiger partial charge is 0.0459 e. The summed E-state index contributed by atoms with van der Waals surface area (Å²) < 4.78 is 0. The molecule has 0 saturated carbocycles. The van der Waals surface area contributed by atoms with Crippen molar-refractivity contribution in [2.24, 2.45) is 0 Å². The van der Waals surface area contributed by atoms with Crippen LogP contribution in [-0.2, 0) is 13.0 Å². The van der Waals surface area contributed by atoms with E-state index in [0.29, 0.717) is 12.0 Å². The second-order valence-electron chi connectivity index (χ2n) is 6.95. The number of nitrogens with one attached hydrogen (secondary N) is 1. The third-order valence-corrected chi connectivity index (χ3v) is 5.59. The lowest BCUT2D eigenvalue weighted by atomic mass is 9.72. The number of hydrogen-bond donors (Lipinski definition) is 1. The van der Waals surface area contributed by atoms with Gasteiger partial charge < -0.3 is 4.98 Å². The largest absolute Gasteiger partial charge is 0.361 e. The maximum atomic E-state index is 3.46. The molecule has 1 aliphatic heterocycles. The standard InChI is InChI=1S/C20H20N2/c1-12-6-7-13-11-22(2)18-9-14-10-21-17-5-3-4-15(19(14)17)20(18)16(13)8-12/h3-8,10,18,20-21H,9,11H2,1-2H3/t18-,20+/m0/s1. The van der Waals surface area contributed by atoms with E-state index in [1.165, 1.54) is 33.2 Å². The molecule has 0 fully saturated rings. The molecular weight excluding hydrogens is 268 g/mol. The Morgan fingerprint density at radius 1 is 1.09 bits per heavy atom. The molecule has 0 saturated heterocycles. The van der Waals surface area contributed by atoms with Crippen molar-refractivity contribution in [3.05, 3.63) is 70.4 Å². The van der Waals surface area contributed by atoms with Gasteiger partial charge in [-0.25, -0.2) is 0 Å². The summed E-state index contributed by atoms with van der Waals surface area (Å²) in [5.74, 6) is 0.501. The fraction of sp³-hybridized carbons (Fsp3) is 0.300. The second kappa shape index (κ2) is 4.23. The maximum absolute atomic E-state index is 3.46. The third-order valence-electron chi connectivity index (χ3n) is 5.59. The van der Waals surface area contributed by atoms with Gasteiger partial charge in [-0.3, -0.25) is 4.90 Å². The highest BCUT2D eigenvalue weighted by atomic mass is 15.1. The Morgan fingerprint density at radius 2 is 2.00 bits per heavy atom. The van der Waals surface area contributed by atoms with Crippen LogP contribution in [0.2, 0.25) is 0 Å². The SMILES string of the molecule is Cc1ccc2c(c1)[C@H]1c3cccc4[nH]cc(c34)C[C@@H]1N(C)C2. The number of fused-ring (bicyclic) bond motifs is 4. The predicted octanol–water partition coefficient (Wildman–Crippen LogP) is 3.98. The fourth-order valence-corrected chi connectivity index (χ4v) is 4.58. The summed E-state index contributed by atoms with van der Waals surface area (Å²) in [7, 11) is 2.28. The summed E-state index contributed by atoms with van der Waals surface area (Å²) in [6.45, 7) is 3.27. The Bertz CT molecular complexity index is 890. The van der Waals surface area contributed by atoms with Gasteiger partial charge in [-0.1, -0.05) is 35.9 Å². The quantitative estimate of drug-likeness (QED) is 0.663. The minimum atomic E-state index is 0.501. The molecular formula is C20H20N2. The van der Waals surface area contributed by atoms with Crippen LogP contribution < -0.4 is 0 Å². The molecule has 0 spiro atoms. The highest BCUT2D eigenvalue weighted by Gasteiger charge is 2.38. The van der Waals surface area contributed by atoms with Gasteiger partial charge in [0.05, 0.1) is 0 Å². The molecule has 2 heterocycles. The average Bonchev–Trinajstić information content (AvgIpc) is 2.93. The number of H-pyrrole nitrogens is 1. The highest BCUT2D eigenvalue weighted by molar-refractivity contribution is 5.89. The van der Waals surface area contributed by atoms with E-state index in [-0.39, 0.29) is 0 Å². The van der Waals surface area contributed by atoms with Crippen LogP contribution in [0.5, 0.6) is 0 Å². The van der Waals surface area contributed by atoms with Gasteiger partial charge in [0.2, 0.25) is 0 Å². The number of aryl methyl sites for hydroxylation is 1. The van der Waals surface area contributed by atoms with Crippen molar-refractivity contribution in [1.29, 1.82) is 0 Å². The number of aromatic amines is 1. The zero-order chi connectivity index (χ0) is 14.8. The number of nitrogens with zero attached hydrogens (tertiary/aromatic N) is 1. The Balaban J connectivity index is 1.83. The number of aromatic nitrogens is 1. The van der Waals surface area contributed by atoms with E-state index in [1.807, 2.05) is 0 Å². The molecule has 0 bridgehead atoms. The molecule has 0 radical (unpaired) electrons. The zero-order valence-corrected chi connectivity index (χ0v) is 13.1. The van der Waals surface area contributed by atoms with Gasteiger partial charge in [-0.15, -0.1) is 0 Å². The Kier molecular flexibility index (Phi) is 2.40. The highest BCUT2D eigenvalue weighted by Crippen LogP contribution is 2.45. The van der Waals surface area contributed by atoms with Crippen LogP contribution in [0.25, 0.3) is 10.9 Å². The van der Waals surface area contributed by atoms with Crippen molar-refractivity contribution in [2.45, 2.75) is 31.8 Å². The summed E-state index contributed by atoms with van der Waals surface area (Å²) in [5.41, 5.74) is 8.67. The minimum Gasteiger partial charge on any atom is -0.361 e. The molecule has 1 N–H and O–H groups in total. The van der Waals surface area contributed by atoms with Crippen LogP contribution in [0.4, 0.5) is 0 Å². The molecule has 5 rings (SSSR count). The number of rotatable bonds is 0. The first-order chi connectivity index (χ1) is 10.7. The predicted molar refractivity (Wildman–Crippen MR) is 90.3 cm³/mol. The first kappa shape index (κ1) is 12.5. The van der Waals surface area contributed by atoms with E-state index in [9.17, 15) is 0 Å². The molecule has 2 heteroatoms. The average molecular weight is 288 g/mol. The third kappa shape index (κ3) is 1.53. The van der Waals surface area contributed by atoms with Crippen LogP contribution in [0.15, 0.2) is 42.6 Å². The number of hydrogen-bond acceptors (Lipinski definition) is 1. The van der Waals surface area contributed by atoms with E-state index in [0.717, 1.165) is 13.0 Å². The lowest BCUT2D eigenvalue weighted by Gasteiger charge is -2.43. The summed E-state index contributed by atoms with van der Waals surface area (Å²) in [5, 5.41) is 1.46. The molecule has 22 heavy (non-hydrogen) atoms. The molecule has 2 aromatic carbocycles. The van der Waals surface area contributed by atoms with E-state index in [2.05, 4.69) is 66.5 Å². The summed E-state index contributed by atoms with van der Waals surface area (Å²) in [6.07, 6.45) is 3.36. The van der Waals surface area contributed by atoms with Crippen molar-refractivity contribution >= 4 is 10.9 Å². The molecule has 2 nitrogen and oxygen atoms in total. The van der Waals surface area contributed by atoms with Crippen LogP contribution >= 0.6 is 0 Å². The van der Waals surface area contributed by atoms with E-state index in [4.69, 9.17) is 0 Å². The molecule has 3 aromatic rings. The molecule has 1 aromatic heterocycles. The van der Waals surface area contributed by atoms with Crippen LogP contribution in [0.3, 0.4) is 0 Å². The first-order valence-electron chi connectivity index (χ1n) is 8.11.